The van der Waals surface area contributed by atoms with Crippen LogP contribution in [0.2, 0.25) is 0 Å². The molecule has 0 bridgehead atoms. The first-order chi connectivity index (χ1) is 6.20. The number of nitrogens with one attached hydrogen (secondary N) is 1. The Balaban J connectivity index is 3.15. The second kappa shape index (κ2) is 2.58. The van der Waals surface area contributed by atoms with Crippen LogP contribution in [0.25, 0.3) is 5.52 Å². The van der Waals surface area contributed by atoms with Crippen LogP contribution in [0.3, 0.4) is 0 Å². The maximum Gasteiger partial charge on any atom is 0.332 e. The van der Waals surface area contributed by atoms with Crippen molar-refractivity contribution in [3.8, 4) is 0 Å². The monoisotopic (exact) mass is 176 g/mol. The summed E-state index contributed by atoms with van der Waals surface area (Å²) in [7, 11) is 0. The molecule has 1 N–H and O–H groups in total. The van der Waals surface area contributed by atoms with Crippen LogP contribution in [-0.4, -0.2) is 9.38 Å². The highest BCUT2D eigenvalue weighted by molar-refractivity contribution is 5.51. The highest BCUT2D eigenvalue weighted by Crippen LogP contribution is 2.00. The van der Waals surface area contributed by atoms with Crippen molar-refractivity contribution in [2.24, 2.45) is 0 Å². The van der Waals surface area contributed by atoms with Crippen LogP contribution in [0, 0.1) is 6.92 Å². The lowest BCUT2D eigenvalue weighted by Gasteiger charge is -2.00. The Morgan fingerprint density at radius 1 is 1.31 bits per heavy atom. The minimum absolute atomic E-state index is 0.323. The molecule has 0 spiro atoms. The van der Waals surface area contributed by atoms with E-state index in [1.54, 1.807) is 31.3 Å². The van der Waals surface area contributed by atoms with Gasteiger partial charge in [0.15, 0.2) is 0 Å². The van der Waals surface area contributed by atoms with E-state index in [0.29, 0.717) is 11.1 Å². The molecule has 66 valence electrons. The third-order valence-electron chi connectivity index (χ3n) is 2.02. The quantitative estimate of drug-likeness (QED) is 0.627. The largest absolute Gasteiger partial charge is 0.332 e. The SMILES string of the molecule is Cc1c(=O)[nH]c(=O)n2ccccc12. The summed E-state index contributed by atoms with van der Waals surface area (Å²) in [5.41, 5.74) is 0.485. The number of hydrogen-bond donors (Lipinski definition) is 1. The number of H-pyrrole nitrogens is 1. The Morgan fingerprint density at radius 3 is 2.85 bits per heavy atom. The molecule has 2 aromatic rings. The summed E-state index contributed by atoms with van der Waals surface area (Å²) in [5.74, 6) is 0. The van der Waals surface area contributed by atoms with Gasteiger partial charge in [0.05, 0.1) is 5.52 Å². The molecular weight excluding hydrogens is 168 g/mol. The number of aromatic nitrogens is 2. The summed E-state index contributed by atoms with van der Waals surface area (Å²) >= 11 is 0. The summed E-state index contributed by atoms with van der Waals surface area (Å²) in [6.45, 7) is 1.69. The Hall–Kier alpha value is -1.84. The summed E-state index contributed by atoms with van der Waals surface area (Å²) in [5, 5.41) is 0. The van der Waals surface area contributed by atoms with Crippen LogP contribution in [0.15, 0.2) is 34.0 Å². The van der Waals surface area contributed by atoms with Crippen LogP contribution < -0.4 is 11.2 Å². The molecule has 0 aliphatic carbocycles. The molecule has 0 radical (unpaired) electrons. The van der Waals surface area contributed by atoms with Crippen molar-refractivity contribution in [1.82, 2.24) is 9.38 Å². The topological polar surface area (TPSA) is 54.3 Å². The average Bonchev–Trinajstić information content (AvgIpc) is 2.15. The highest BCUT2D eigenvalue weighted by Gasteiger charge is 2.01. The van der Waals surface area contributed by atoms with Gasteiger partial charge in [-0.3, -0.25) is 14.2 Å². The van der Waals surface area contributed by atoms with Gasteiger partial charge in [-0.05, 0) is 19.1 Å². The van der Waals surface area contributed by atoms with E-state index in [9.17, 15) is 9.59 Å². The van der Waals surface area contributed by atoms with Crippen molar-refractivity contribution in [2.45, 2.75) is 6.92 Å². The molecule has 2 rings (SSSR count). The normalized spacial score (nSPS) is 10.5. The van der Waals surface area contributed by atoms with Crippen LogP contribution in [0.5, 0.6) is 0 Å². The molecule has 2 heterocycles. The molecule has 13 heavy (non-hydrogen) atoms. The van der Waals surface area contributed by atoms with Gasteiger partial charge in [-0.1, -0.05) is 6.07 Å². The number of pyridine rings is 1. The van der Waals surface area contributed by atoms with Gasteiger partial charge in [0.1, 0.15) is 0 Å². The fourth-order valence-electron chi connectivity index (χ4n) is 1.29. The first kappa shape index (κ1) is 7.79. The Labute approximate surface area is 73.5 Å². The average molecular weight is 176 g/mol. The summed E-state index contributed by atoms with van der Waals surface area (Å²) < 4.78 is 1.41. The van der Waals surface area contributed by atoms with Gasteiger partial charge in [0.2, 0.25) is 0 Å². The standard InChI is InChI=1S/C9H8N2O2/c1-6-7-4-2-3-5-11(7)9(13)10-8(6)12/h2-5H,1H3,(H,10,12,13). The van der Waals surface area contributed by atoms with Crippen molar-refractivity contribution >= 4 is 5.52 Å². The molecule has 4 nitrogen and oxygen atoms in total. The molecule has 0 aliphatic rings. The van der Waals surface area contributed by atoms with Crippen LogP contribution in [0.4, 0.5) is 0 Å². The van der Waals surface area contributed by atoms with Gasteiger partial charge in [0.25, 0.3) is 5.56 Å². The number of aromatic amines is 1. The summed E-state index contributed by atoms with van der Waals surface area (Å²) in [6.07, 6.45) is 1.63. The van der Waals surface area contributed by atoms with E-state index >= 15 is 0 Å². The van der Waals surface area contributed by atoms with Gasteiger partial charge in [-0.25, -0.2) is 4.79 Å². The van der Waals surface area contributed by atoms with Crippen LogP contribution in [0.1, 0.15) is 5.56 Å². The Kier molecular flexibility index (Phi) is 1.55. The van der Waals surface area contributed by atoms with Gasteiger partial charge in [0, 0.05) is 11.8 Å². The zero-order chi connectivity index (χ0) is 9.42. The van der Waals surface area contributed by atoms with E-state index in [2.05, 4.69) is 4.98 Å². The van der Waals surface area contributed by atoms with Gasteiger partial charge in [-0.15, -0.1) is 0 Å². The van der Waals surface area contributed by atoms with Crippen molar-refractivity contribution in [3.05, 3.63) is 50.8 Å². The molecule has 0 fully saturated rings. The van der Waals surface area contributed by atoms with Crippen molar-refractivity contribution in [1.29, 1.82) is 0 Å². The molecule has 0 saturated carbocycles. The van der Waals surface area contributed by atoms with Crippen molar-refractivity contribution in [2.75, 3.05) is 0 Å². The van der Waals surface area contributed by atoms with Crippen LogP contribution >= 0.6 is 0 Å². The molecule has 0 amide bonds. The van der Waals surface area contributed by atoms with Crippen molar-refractivity contribution < 1.29 is 0 Å². The fourth-order valence-corrected chi connectivity index (χ4v) is 1.29. The smallest absolute Gasteiger partial charge is 0.273 e. The van der Waals surface area contributed by atoms with E-state index in [0.717, 1.165) is 0 Å². The first-order valence-electron chi connectivity index (χ1n) is 3.90. The second-order valence-corrected chi connectivity index (χ2v) is 2.84. The number of fused-ring (bicyclic) bond motifs is 1. The van der Waals surface area contributed by atoms with E-state index < -0.39 is 5.69 Å². The summed E-state index contributed by atoms with van der Waals surface area (Å²) in [6, 6.07) is 5.28. The van der Waals surface area contributed by atoms with Gasteiger partial charge >= 0.3 is 5.69 Å². The van der Waals surface area contributed by atoms with E-state index in [1.807, 2.05) is 0 Å². The third-order valence-corrected chi connectivity index (χ3v) is 2.02. The molecule has 0 unspecified atom stereocenters. The zero-order valence-electron chi connectivity index (χ0n) is 7.07. The lowest BCUT2D eigenvalue weighted by Crippen LogP contribution is -2.27. The molecule has 0 aliphatic heterocycles. The molecule has 4 heteroatoms. The van der Waals surface area contributed by atoms with E-state index in [4.69, 9.17) is 0 Å². The molecule has 2 aromatic heterocycles. The van der Waals surface area contributed by atoms with E-state index in [-0.39, 0.29) is 5.56 Å². The lowest BCUT2D eigenvalue weighted by atomic mass is 10.2. The number of aryl methyl sites for hydroxylation is 1. The van der Waals surface area contributed by atoms with Crippen LogP contribution in [-0.2, 0) is 0 Å². The first-order valence-corrected chi connectivity index (χ1v) is 3.90. The maximum absolute atomic E-state index is 11.3. The summed E-state index contributed by atoms with van der Waals surface area (Å²) in [4.78, 5) is 24.7. The third kappa shape index (κ3) is 1.07. The number of rotatable bonds is 0. The number of hydrogen-bond acceptors (Lipinski definition) is 2. The number of nitrogens with zero attached hydrogens (tertiary/aromatic N) is 1. The Morgan fingerprint density at radius 2 is 2.08 bits per heavy atom. The molecular formula is C9H8N2O2. The maximum atomic E-state index is 11.3. The zero-order valence-corrected chi connectivity index (χ0v) is 7.07. The molecule has 0 atom stereocenters. The molecule has 0 saturated heterocycles. The van der Waals surface area contributed by atoms with E-state index in [1.165, 1.54) is 4.40 Å². The predicted octanol–water partition coefficient (Wildman–Crippen LogP) is 0.296. The van der Waals surface area contributed by atoms with Gasteiger partial charge < -0.3 is 0 Å². The predicted molar refractivity (Wildman–Crippen MR) is 49.0 cm³/mol. The minimum atomic E-state index is -0.397. The fraction of sp³-hybridized carbons (Fsp3) is 0.111. The second-order valence-electron chi connectivity index (χ2n) is 2.84. The van der Waals surface area contributed by atoms with Crippen molar-refractivity contribution in [3.63, 3.8) is 0 Å². The Bertz CT molecular complexity index is 566. The minimum Gasteiger partial charge on any atom is -0.273 e. The molecule has 0 aromatic carbocycles. The van der Waals surface area contributed by atoms with Gasteiger partial charge in [-0.2, -0.15) is 0 Å². The highest BCUT2D eigenvalue weighted by atomic mass is 16.2. The lowest BCUT2D eigenvalue weighted by molar-refractivity contribution is 0.952.